The molecule has 1 heterocycles. The lowest BCUT2D eigenvalue weighted by Crippen LogP contribution is -3.00. The van der Waals surface area contributed by atoms with Gasteiger partial charge in [-0.25, -0.2) is 9.13 Å². The van der Waals surface area contributed by atoms with Crippen molar-refractivity contribution in [3.63, 3.8) is 0 Å². The largest absolute Gasteiger partial charge is 1.00 e. The molecule has 0 saturated heterocycles. The van der Waals surface area contributed by atoms with Crippen LogP contribution in [0.1, 0.15) is 76.3 Å². The van der Waals surface area contributed by atoms with E-state index in [4.69, 9.17) is 0 Å². The van der Waals surface area contributed by atoms with Crippen LogP contribution in [-0.4, -0.2) is 4.57 Å². The van der Waals surface area contributed by atoms with Gasteiger partial charge in [0, 0.05) is 0 Å². The van der Waals surface area contributed by atoms with Crippen molar-refractivity contribution in [2.75, 3.05) is 0 Å². The molecule has 3 rings (SSSR count). The Balaban J connectivity index is 0.00000120. The smallest absolute Gasteiger partial charge is 0.244 e. The lowest BCUT2D eigenvalue weighted by atomic mass is 9.95. The van der Waals surface area contributed by atoms with Crippen LogP contribution in [0.5, 0.6) is 0 Å². The minimum atomic E-state index is 0. The molecule has 0 atom stereocenters. The Bertz CT molecular complexity index is 317. The summed E-state index contributed by atoms with van der Waals surface area (Å²) in [5.41, 5.74) is 0. The predicted molar refractivity (Wildman–Crippen MR) is 68.9 cm³/mol. The van der Waals surface area contributed by atoms with E-state index >= 15 is 0 Å². The second-order valence-electron chi connectivity index (χ2n) is 5.89. The van der Waals surface area contributed by atoms with Gasteiger partial charge >= 0.3 is 0 Å². The molecule has 0 spiro atoms. The summed E-state index contributed by atoms with van der Waals surface area (Å²) >= 11 is 0. The van der Waals surface area contributed by atoms with Gasteiger partial charge in [-0.2, -0.15) is 0 Å². The van der Waals surface area contributed by atoms with Crippen LogP contribution in [0.2, 0.25) is 0 Å². The monoisotopic (exact) mass is 268 g/mol. The van der Waals surface area contributed by atoms with Crippen molar-refractivity contribution in [3.05, 3.63) is 18.7 Å². The molecule has 0 unspecified atom stereocenters. The Morgan fingerprint density at radius 3 is 2.11 bits per heavy atom. The van der Waals surface area contributed by atoms with E-state index in [1.54, 1.807) is 0 Å². The first-order chi connectivity index (χ1) is 8.43. The first-order valence-corrected chi connectivity index (χ1v) is 7.52. The van der Waals surface area contributed by atoms with Gasteiger partial charge in [0.1, 0.15) is 24.5 Å². The van der Waals surface area contributed by atoms with E-state index in [9.17, 15) is 0 Å². The first-order valence-electron chi connectivity index (χ1n) is 7.52. The van der Waals surface area contributed by atoms with Gasteiger partial charge < -0.3 is 12.4 Å². The van der Waals surface area contributed by atoms with Gasteiger partial charge in [-0.15, -0.1) is 0 Å². The number of aromatic nitrogens is 2. The van der Waals surface area contributed by atoms with Gasteiger partial charge in [-0.05, 0) is 51.4 Å². The van der Waals surface area contributed by atoms with Gasteiger partial charge in [0.15, 0.2) is 0 Å². The number of nitrogens with zero attached hydrogens (tertiary/aromatic N) is 2. The maximum atomic E-state index is 2.48. The van der Waals surface area contributed by atoms with E-state index in [-0.39, 0.29) is 12.4 Å². The maximum absolute atomic E-state index is 2.48. The highest BCUT2D eigenvalue weighted by Crippen LogP contribution is 2.28. The summed E-state index contributed by atoms with van der Waals surface area (Å²) in [7, 11) is 0. The van der Waals surface area contributed by atoms with Crippen molar-refractivity contribution < 1.29 is 17.0 Å². The normalized spacial score (nSPS) is 22.7. The Hall–Kier alpha value is -0.500. The molecule has 0 radical (unpaired) electrons. The Kier molecular flexibility index (Phi) is 5.11. The standard InChI is InChI=1S/C15H25N2.ClH/c1-3-7-14(8-4-1)16-11-12-17(13-16)15-9-5-2-6-10-15;/h11-15H,1-10H2;1H/q+1;/p-1. The quantitative estimate of drug-likeness (QED) is 0.702. The molecule has 1 aromatic rings. The topological polar surface area (TPSA) is 8.81 Å². The molecule has 2 fully saturated rings. The van der Waals surface area contributed by atoms with Gasteiger partial charge in [0.05, 0.1) is 0 Å². The summed E-state index contributed by atoms with van der Waals surface area (Å²) in [6.07, 6.45) is 21.1. The van der Waals surface area contributed by atoms with E-state index in [1.807, 2.05) is 0 Å². The third kappa shape index (κ3) is 3.09. The summed E-state index contributed by atoms with van der Waals surface area (Å²) in [5, 5.41) is 0. The summed E-state index contributed by atoms with van der Waals surface area (Å²) in [6, 6.07) is 1.57. The fourth-order valence-electron chi connectivity index (χ4n) is 3.58. The van der Waals surface area contributed by atoms with Crippen LogP contribution < -0.4 is 17.0 Å². The van der Waals surface area contributed by atoms with Gasteiger partial charge in [0.2, 0.25) is 6.33 Å². The third-order valence-corrected chi connectivity index (χ3v) is 4.67. The van der Waals surface area contributed by atoms with Crippen LogP contribution in [-0.2, 0) is 0 Å². The molecule has 102 valence electrons. The molecule has 3 heteroatoms. The third-order valence-electron chi connectivity index (χ3n) is 4.67. The second-order valence-corrected chi connectivity index (χ2v) is 5.89. The Morgan fingerprint density at radius 2 is 1.44 bits per heavy atom. The highest BCUT2D eigenvalue weighted by molar-refractivity contribution is 4.78. The molecular formula is C15H25ClN2. The fraction of sp³-hybridized carbons (Fsp3) is 0.800. The lowest BCUT2D eigenvalue weighted by Gasteiger charge is -2.20. The van der Waals surface area contributed by atoms with Crippen LogP contribution in [0.25, 0.3) is 0 Å². The SMILES string of the molecule is [Cl-].c1c[n+](C2CCCCC2)cn1C1CCCCC1. The zero-order valence-corrected chi connectivity index (χ0v) is 12.0. The number of hydrogen-bond donors (Lipinski definition) is 0. The van der Waals surface area contributed by atoms with Crippen molar-refractivity contribution in [2.24, 2.45) is 0 Å². The highest BCUT2D eigenvalue weighted by Gasteiger charge is 2.23. The van der Waals surface area contributed by atoms with Crippen molar-refractivity contribution in [1.29, 1.82) is 0 Å². The van der Waals surface area contributed by atoms with Gasteiger partial charge in [-0.3, -0.25) is 0 Å². The molecule has 2 aliphatic carbocycles. The van der Waals surface area contributed by atoms with E-state index in [0.717, 1.165) is 12.1 Å². The Labute approximate surface area is 117 Å². The molecule has 0 aliphatic heterocycles. The molecule has 18 heavy (non-hydrogen) atoms. The van der Waals surface area contributed by atoms with Crippen molar-refractivity contribution >= 4 is 0 Å². The van der Waals surface area contributed by atoms with Crippen LogP contribution in [0.15, 0.2) is 18.7 Å². The number of rotatable bonds is 2. The van der Waals surface area contributed by atoms with Crippen LogP contribution in [0.3, 0.4) is 0 Å². The average molecular weight is 269 g/mol. The minimum absolute atomic E-state index is 0. The second kappa shape index (κ2) is 6.60. The molecule has 2 saturated carbocycles. The number of imidazole rings is 1. The van der Waals surface area contributed by atoms with Crippen molar-refractivity contribution in [2.45, 2.75) is 76.3 Å². The molecule has 1 aromatic heterocycles. The zero-order valence-electron chi connectivity index (χ0n) is 11.2. The average Bonchev–Trinajstić information content (AvgIpc) is 2.90. The highest BCUT2D eigenvalue weighted by atomic mass is 35.5. The molecule has 2 aliphatic rings. The van der Waals surface area contributed by atoms with Crippen LogP contribution in [0, 0.1) is 0 Å². The van der Waals surface area contributed by atoms with E-state index in [1.165, 1.54) is 64.2 Å². The van der Waals surface area contributed by atoms with Crippen LogP contribution in [0.4, 0.5) is 0 Å². The molecule has 0 amide bonds. The van der Waals surface area contributed by atoms with Gasteiger partial charge in [-0.1, -0.05) is 12.8 Å². The molecule has 0 bridgehead atoms. The van der Waals surface area contributed by atoms with Crippen LogP contribution >= 0.6 is 0 Å². The summed E-state index contributed by atoms with van der Waals surface area (Å²) in [4.78, 5) is 0. The molecule has 2 nitrogen and oxygen atoms in total. The summed E-state index contributed by atoms with van der Waals surface area (Å²) < 4.78 is 4.96. The van der Waals surface area contributed by atoms with Gasteiger partial charge in [0.25, 0.3) is 0 Å². The maximum Gasteiger partial charge on any atom is 0.244 e. The molecule has 0 N–H and O–H groups in total. The zero-order chi connectivity index (χ0) is 11.5. The number of hydrogen-bond acceptors (Lipinski definition) is 0. The summed E-state index contributed by atoms with van der Waals surface area (Å²) in [5.74, 6) is 0. The van der Waals surface area contributed by atoms with E-state index < -0.39 is 0 Å². The number of halogens is 1. The van der Waals surface area contributed by atoms with Crippen molar-refractivity contribution in [3.8, 4) is 0 Å². The van der Waals surface area contributed by atoms with E-state index in [0.29, 0.717) is 0 Å². The minimum Gasteiger partial charge on any atom is -1.00 e. The predicted octanol–water partition coefficient (Wildman–Crippen LogP) is 0.790. The fourth-order valence-corrected chi connectivity index (χ4v) is 3.58. The Morgan fingerprint density at radius 1 is 0.833 bits per heavy atom. The summed E-state index contributed by atoms with van der Waals surface area (Å²) in [6.45, 7) is 0. The first kappa shape index (κ1) is 13.9. The molecular weight excluding hydrogens is 244 g/mol. The molecule has 0 aromatic carbocycles. The van der Waals surface area contributed by atoms with E-state index in [2.05, 4.69) is 27.9 Å². The van der Waals surface area contributed by atoms with Crippen molar-refractivity contribution in [1.82, 2.24) is 4.57 Å². The lowest BCUT2D eigenvalue weighted by molar-refractivity contribution is -0.725.